The molecule has 0 aliphatic rings. The summed E-state index contributed by atoms with van der Waals surface area (Å²) in [7, 11) is 0. The molecular formula is C6H3ClN4O2. The van der Waals surface area contributed by atoms with Crippen molar-refractivity contribution in [2.24, 2.45) is 0 Å². The monoisotopic (exact) mass is 198 g/mol. The van der Waals surface area contributed by atoms with Gasteiger partial charge in [-0.25, -0.2) is 0 Å². The normalized spacial score (nSPS) is 10.5. The van der Waals surface area contributed by atoms with Crippen LogP contribution in [0.1, 0.15) is 0 Å². The van der Waals surface area contributed by atoms with Crippen molar-refractivity contribution < 1.29 is 4.92 Å². The SMILES string of the molecule is O=[N+]([O-])c1ccc2nn(Cl)nc2c1. The van der Waals surface area contributed by atoms with E-state index in [2.05, 4.69) is 10.2 Å². The first-order valence-corrected chi connectivity index (χ1v) is 3.68. The maximum atomic E-state index is 10.4. The molecule has 6 nitrogen and oxygen atoms in total. The average molecular weight is 199 g/mol. The molecule has 66 valence electrons. The van der Waals surface area contributed by atoms with Crippen LogP contribution < -0.4 is 0 Å². The summed E-state index contributed by atoms with van der Waals surface area (Å²) in [4.78, 5) is 9.88. The van der Waals surface area contributed by atoms with Gasteiger partial charge in [-0.15, -0.1) is 10.2 Å². The molecule has 0 spiro atoms. The average Bonchev–Trinajstić information content (AvgIpc) is 2.42. The summed E-state index contributed by atoms with van der Waals surface area (Å²) < 4.78 is 0.856. The molecule has 0 amide bonds. The van der Waals surface area contributed by atoms with Crippen molar-refractivity contribution in [3.8, 4) is 0 Å². The number of nitro groups is 1. The van der Waals surface area contributed by atoms with Gasteiger partial charge in [-0.05, 0) is 6.07 Å². The summed E-state index contributed by atoms with van der Waals surface area (Å²) in [6.45, 7) is 0. The molecule has 0 fully saturated rings. The van der Waals surface area contributed by atoms with Crippen LogP contribution >= 0.6 is 11.8 Å². The second-order valence-corrected chi connectivity index (χ2v) is 2.67. The minimum atomic E-state index is -0.493. The smallest absolute Gasteiger partial charge is 0.258 e. The van der Waals surface area contributed by atoms with Crippen LogP contribution in [0, 0.1) is 10.1 Å². The van der Waals surface area contributed by atoms with Gasteiger partial charge in [-0.3, -0.25) is 10.1 Å². The first kappa shape index (κ1) is 7.93. The first-order valence-electron chi connectivity index (χ1n) is 3.34. The summed E-state index contributed by atoms with van der Waals surface area (Å²) in [5.74, 6) is 0. The van der Waals surface area contributed by atoms with Gasteiger partial charge in [-0.1, -0.05) is 4.32 Å². The van der Waals surface area contributed by atoms with Gasteiger partial charge < -0.3 is 0 Å². The number of halogens is 1. The van der Waals surface area contributed by atoms with Gasteiger partial charge in [-0.2, -0.15) is 0 Å². The third kappa shape index (κ3) is 1.31. The zero-order chi connectivity index (χ0) is 9.42. The highest BCUT2D eigenvalue weighted by molar-refractivity contribution is 6.14. The summed E-state index contributed by atoms with van der Waals surface area (Å²) in [6.07, 6.45) is 0. The van der Waals surface area contributed by atoms with Gasteiger partial charge in [0.2, 0.25) is 0 Å². The van der Waals surface area contributed by atoms with E-state index in [9.17, 15) is 10.1 Å². The quantitative estimate of drug-likeness (QED) is 0.512. The van der Waals surface area contributed by atoms with E-state index in [0.717, 1.165) is 4.32 Å². The topological polar surface area (TPSA) is 73.8 Å². The molecule has 0 atom stereocenters. The Balaban J connectivity index is 2.67. The van der Waals surface area contributed by atoms with Crippen LogP contribution in [0.25, 0.3) is 11.0 Å². The third-order valence-electron chi connectivity index (χ3n) is 1.55. The van der Waals surface area contributed by atoms with Crippen LogP contribution in [0.4, 0.5) is 5.69 Å². The van der Waals surface area contributed by atoms with Crippen LogP contribution in [-0.4, -0.2) is 19.4 Å². The van der Waals surface area contributed by atoms with Crippen LogP contribution in [-0.2, 0) is 0 Å². The Labute approximate surface area is 77.0 Å². The van der Waals surface area contributed by atoms with Crippen LogP contribution in [0.15, 0.2) is 18.2 Å². The first-order chi connectivity index (χ1) is 6.16. The molecule has 1 heterocycles. The van der Waals surface area contributed by atoms with E-state index in [-0.39, 0.29) is 5.69 Å². The van der Waals surface area contributed by atoms with Crippen molar-refractivity contribution in [1.82, 2.24) is 14.5 Å². The fraction of sp³-hybridized carbons (Fsp3) is 0. The molecule has 1 aromatic heterocycles. The number of hydrogen-bond donors (Lipinski definition) is 0. The highest BCUT2D eigenvalue weighted by atomic mass is 35.5. The number of non-ortho nitro benzene ring substituents is 1. The lowest BCUT2D eigenvalue weighted by Crippen LogP contribution is -1.86. The second kappa shape index (κ2) is 2.67. The number of fused-ring (bicyclic) bond motifs is 1. The number of hydrogen-bond acceptors (Lipinski definition) is 4. The zero-order valence-corrected chi connectivity index (χ0v) is 6.97. The van der Waals surface area contributed by atoms with Gasteiger partial charge in [0.05, 0.1) is 16.7 Å². The molecule has 1 aromatic carbocycles. The zero-order valence-electron chi connectivity index (χ0n) is 6.22. The van der Waals surface area contributed by atoms with Crippen LogP contribution in [0.5, 0.6) is 0 Å². The van der Waals surface area contributed by atoms with E-state index < -0.39 is 4.92 Å². The fourth-order valence-corrected chi connectivity index (χ4v) is 1.15. The Morgan fingerprint density at radius 1 is 1.38 bits per heavy atom. The van der Waals surface area contributed by atoms with Crippen molar-refractivity contribution in [2.45, 2.75) is 0 Å². The Hall–Kier alpha value is -1.69. The Kier molecular flexibility index (Phi) is 1.63. The fourth-order valence-electron chi connectivity index (χ4n) is 0.990. The molecule has 0 aliphatic carbocycles. The standard InChI is InChI=1S/C6H3ClN4O2/c7-11-8-5-2-1-4(10(12)13)3-6(5)9-11/h1-3H. The molecule has 0 saturated heterocycles. The van der Waals surface area contributed by atoms with E-state index in [1.54, 1.807) is 0 Å². The minimum Gasteiger partial charge on any atom is -0.258 e. The maximum Gasteiger partial charge on any atom is 0.271 e. The summed E-state index contributed by atoms with van der Waals surface area (Å²) in [5, 5.41) is 17.9. The molecule has 0 saturated carbocycles. The molecule has 0 N–H and O–H groups in total. The predicted molar refractivity (Wildman–Crippen MR) is 45.4 cm³/mol. The molecule has 13 heavy (non-hydrogen) atoms. The lowest BCUT2D eigenvalue weighted by molar-refractivity contribution is -0.384. The molecular weight excluding hydrogens is 196 g/mol. The second-order valence-electron chi connectivity index (χ2n) is 2.37. The van der Waals surface area contributed by atoms with Gasteiger partial charge in [0.25, 0.3) is 5.69 Å². The summed E-state index contributed by atoms with van der Waals surface area (Å²) in [6, 6.07) is 4.18. The number of aromatic nitrogens is 3. The van der Waals surface area contributed by atoms with Crippen LogP contribution in [0.3, 0.4) is 0 Å². The number of benzene rings is 1. The Morgan fingerprint density at radius 3 is 2.77 bits per heavy atom. The number of rotatable bonds is 1. The maximum absolute atomic E-state index is 10.4. The largest absolute Gasteiger partial charge is 0.271 e. The van der Waals surface area contributed by atoms with Gasteiger partial charge in [0, 0.05) is 12.1 Å². The van der Waals surface area contributed by atoms with Crippen molar-refractivity contribution >= 4 is 28.5 Å². The van der Waals surface area contributed by atoms with Gasteiger partial charge >= 0.3 is 0 Å². The van der Waals surface area contributed by atoms with Gasteiger partial charge in [0.1, 0.15) is 11.0 Å². The highest BCUT2D eigenvalue weighted by Gasteiger charge is 2.08. The summed E-state index contributed by atoms with van der Waals surface area (Å²) >= 11 is 5.44. The van der Waals surface area contributed by atoms with Crippen molar-refractivity contribution in [1.29, 1.82) is 0 Å². The predicted octanol–water partition coefficient (Wildman–Crippen LogP) is 1.34. The molecule has 0 unspecified atom stereocenters. The summed E-state index contributed by atoms with van der Waals surface area (Å²) in [5.41, 5.74) is 0.912. The van der Waals surface area contributed by atoms with E-state index in [0.29, 0.717) is 11.0 Å². The molecule has 0 aliphatic heterocycles. The number of nitro benzene ring substituents is 1. The van der Waals surface area contributed by atoms with Crippen molar-refractivity contribution in [3.63, 3.8) is 0 Å². The molecule has 2 rings (SSSR count). The highest BCUT2D eigenvalue weighted by Crippen LogP contribution is 2.17. The van der Waals surface area contributed by atoms with Crippen molar-refractivity contribution in [3.05, 3.63) is 28.3 Å². The van der Waals surface area contributed by atoms with E-state index >= 15 is 0 Å². The molecule has 0 radical (unpaired) electrons. The third-order valence-corrected chi connectivity index (χ3v) is 1.70. The Morgan fingerprint density at radius 2 is 2.08 bits per heavy atom. The molecule has 0 bridgehead atoms. The van der Waals surface area contributed by atoms with E-state index in [4.69, 9.17) is 11.8 Å². The lowest BCUT2D eigenvalue weighted by Gasteiger charge is -1.87. The molecule has 7 heteroatoms. The lowest BCUT2D eigenvalue weighted by atomic mass is 10.3. The van der Waals surface area contributed by atoms with E-state index in [1.165, 1.54) is 18.2 Å². The molecule has 2 aromatic rings. The minimum absolute atomic E-state index is 0.0235. The number of nitrogens with zero attached hydrogens (tertiary/aromatic N) is 4. The van der Waals surface area contributed by atoms with Gasteiger partial charge in [0.15, 0.2) is 0 Å². The van der Waals surface area contributed by atoms with Crippen LogP contribution in [0.2, 0.25) is 0 Å². The Bertz CT molecular complexity index is 480. The van der Waals surface area contributed by atoms with E-state index in [1.807, 2.05) is 0 Å². The van der Waals surface area contributed by atoms with Crippen molar-refractivity contribution in [2.75, 3.05) is 0 Å².